The van der Waals surface area contributed by atoms with Crippen molar-refractivity contribution in [1.82, 2.24) is 5.32 Å². The van der Waals surface area contributed by atoms with Gasteiger partial charge in [-0.2, -0.15) is 0 Å². The van der Waals surface area contributed by atoms with E-state index >= 15 is 0 Å². The summed E-state index contributed by atoms with van der Waals surface area (Å²) in [5.74, 6) is -0.525. The normalized spacial score (nSPS) is 11.9. The van der Waals surface area contributed by atoms with Crippen LogP contribution in [-0.4, -0.2) is 19.0 Å². The van der Waals surface area contributed by atoms with Crippen molar-refractivity contribution >= 4 is 22.6 Å². The summed E-state index contributed by atoms with van der Waals surface area (Å²) in [6, 6.07) is 13.3. The first-order valence-electron chi connectivity index (χ1n) is 6.43. The van der Waals surface area contributed by atoms with Gasteiger partial charge in [0, 0.05) is 6.92 Å². The molecule has 0 saturated heterocycles. The fraction of sp³-hybridized carbons (Fsp3) is 0.250. The predicted molar refractivity (Wildman–Crippen MR) is 77.1 cm³/mol. The van der Waals surface area contributed by atoms with Crippen molar-refractivity contribution in [2.75, 3.05) is 7.11 Å². The summed E-state index contributed by atoms with van der Waals surface area (Å²) in [6.07, 6.45) is 0.115. The molecule has 4 nitrogen and oxygen atoms in total. The Hall–Kier alpha value is -2.36. The fourth-order valence-electron chi connectivity index (χ4n) is 2.29. The highest BCUT2D eigenvalue weighted by Gasteiger charge is 2.19. The molecule has 2 aromatic carbocycles. The van der Waals surface area contributed by atoms with Crippen molar-refractivity contribution < 1.29 is 14.3 Å². The summed E-state index contributed by atoms with van der Waals surface area (Å²) in [4.78, 5) is 22.9. The molecule has 104 valence electrons. The maximum absolute atomic E-state index is 11.5. The van der Waals surface area contributed by atoms with Crippen LogP contribution in [-0.2, 0) is 14.3 Å². The highest BCUT2D eigenvalue weighted by molar-refractivity contribution is 5.87. The lowest BCUT2D eigenvalue weighted by atomic mass is 9.96. The van der Waals surface area contributed by atoms with Crippen LogP contribution in [0, 0.1) is 0 Å². The zero-order valence-electron chi connectivity index (χ0n) is 11.6. The van der Waals surface area contributed by atoms with Crippen LogP contribution in [0.25, 0.3) is 10.8 Å². The highest BCUT2D eigenvalue weighted by atomic mass is 16.5. The van der Waals surface area contributed by atoms with Gasteiger partial charge in [-0.05, 0) is 16.3 Å². The molecule has 0 bridgehead atoms. The van der Waals surface area contributed by atoms with Gasteiger partial charge < -0.3 is 10.1 Å². The minimum atomic E-state index is -0.383. The van der Waals surface area contributed by atoms with Gasteiger partial charge in [-0.25, -0.2) is 0 Å². The topological polar surface area (TPSA) is 55.4 Å². The number of carbonyl (C=O) groups excluding carboxylic acids is 2. The number of rotatable bonds is 4. The van der Waals surface area contributed by atoms with Crippen LogP contribution in [0.5, 0.6) is 0 Å². The summed E-state index contributed by atoms with van der Waals surface area (Å²) in [7, 11) is 1.34. The lowest BCUT2D eigenvalue weighted by Crippen LogP contribution is -2.28. The average Bonchev–Trinajstić information content (AvgIpc) is 2.45. The summed E-state index contributed by atoms with van der Waals surface area (Å²) >= 11 is 0. The molecule has 0 aliphatic rings. The van der Waals surface area contributed by atoms with Crippen molar-refractivity contribution in [3.05, 3.63) is 48.0 Å². The third-order valence-electron chi connectivity index (χ3n) is 3.17. The van der Waals surface area contributed by atoms with Gasteiger partial charge in [0.2, 0.25) is 5.91 Å². The Kier molecular flexibility index (Phi) is 4.35. The standard InChI is InChI=1S/C16H17NO3/c1-11(18)17-15(10-16(19)20-2)14-9-5-7-12-6-3-4-8-13(12)14/h3-9,15H,10H2,1-2H3,(H,17,18)/t15-/m1/s1. The zero-order valence-corrected chi connectivity index (χ0v) is 11.6. The van der Waals surface area contributed by atoms with Crippen LogP contribution in [0.2, 0.25) is 0 Å². The highest BCUT2D eigenvalue weighted by Crippen LogP contribution is 2.26. The number of nitrogens with one attached hydrogen (secondary N) is 1. The van der Waals surface area contributed by atoms with Gasteiger partial charge in [0.05, 0.1) is 19.6 Å². The van der Waals surface area contributed by atoms with E-state index in [2.05, 4.69) is 5.32 Å². The Balaban J connectivity index is 2.44. The summed E-state index contributed by atoms with van der Waals surface area (Å²) in [5.41, 5.74) is 0.920. The Morgan fingerprint density at radius 2 is 1.85 bits per heavy atom. The minimum Gasteiger partial charge on any atom is -0.469 e. The molecule has 0 aliphatic heterocycles. The lowest BCUT2D eigenvalue weighted by Gasteiger charge is -2.19. The van der Waals surface area contributed by atoms with E-state index in [1.165, 1.54) is 14.0 Å². The molecule has 0 aromatic heterocycles. The van der Waals surface area contributed by atoms with Gasteiger partial charge in [0.25, 0.3) is 0 Å². The molecule has 0 radical (unpaired) electrons. The van der Waals surface area contributed by atoms with E-state index in [0.29, 0.717) is 0 Å². The van der Waals surface area contributed by atoms with Crippen LogP contribution < -0.4 is 5.32 Å². The number of methoxy groups -OCH3 is 1. The number of hydrogen-bond donors (Lipinski definition) is 1. The van der Waals surface area contributed by atoms with E-state index in [9.17, 15) is 9.59 Å². The summed E-state index contributed by atoms with van der Waals surface area (Å²) in [6.45, 7) is 1.44. The van der Waals surface area contributed by atoms with E-state index in [-0.39, 0.29) is 24.3 Å². The number of hydrogen-bond acceptors (Lipinski definition) is 3. The number of benzene rings is 2. The molecule has 0 aliphatic carbocycles. The van der Waals surface area contributed by atoms with Gasteiger partial charge in [-0.15, -0.1) is 0 Å². The SMILES string of the molecule is COC(=O)C[C@@H](NC(C)=O)c1cccc2ccccc12. The second-order valence-corrected chi connectivity index (χ2v) is 4.60. The Morgan fingerprint density at radius 1 is 1.15 bits per heavy atom. The number of amides is 1. The van der Waals surface area contributed by atoms with Crippen LogP contribution in [0.3, 0.4) is 0 Å². The molecule has 0 saturated carbocycles. The largest absolute Gasteiger partial charge is 0.469 e. The number of ether oxygens (including phenoxy) is 1. The van der Waals surface area contributed by atoms with Crippen molar-refractivity contribution in [3.63, 3.8) is 0 Å². The molecule has 2 rings (SSSR count). The van der Waals surface area contributed by atoms with Crippen molar-refractivity contribution in [1.29, 1.82) is 0 Å². The summed E-state index contributed by atoms with van der Waals surface area (Å²) in [5, 5.41) is 4.91. The molecule has 0 spiro atoms. The molecule has 1 N–H and O–H groups in total. The third kappa shape index (κ3) is 3.15. The maximum atomic E-state index is 11.5. The Labute approximate surface area is 117 Å². The minimum absolute atomic E-state index is 0.115. The van der Waals surface area contributed by atoms with E-state index in [1.54, 1.807) is 0 Å². The molecule has 2 aromatic rings. The third-order valence-corrected chi connectivity index (χ3v) is 3.17. The molecule has 0 fully saturated rings. The van der Waals surface area contributed by atoms with Crippen molar-refractivity contribution in [3.8, 4) is 0 Å². The predicted octanol–water partition coefficient (Wildman–Crippen LogP) is 2.58. The second kappa shape index (κ2) is 6.19. The Bertz CT molecular complexity index is 631. The van der Waals surface area contributed by atoms with E-state index in [0.717, 1.165) is 16.3 Å². The molecule has 1 atom stereocenters. The number of carbonyl (C=O) groups is 2. The Morgan fingerprint density at radius 3 is 2.55 bits per heavy atom. The average molecular weight is 271 g/mol. The van der Waals surface area contributed by atoms with Crippen molar-refractivity contribution in [2.45, 2.75) is 19.4 Å². The van der Waals surface area contributed by atoms with Crippen molar-refractivity contribution in [2.24, 2.45) is 0 Å². The van der Waals surface area contributed by atoms with Crippen LogP contribution in [0.4, 0.5) is 0 Å². The first-order chi connectivity index (χ1) is 9.61. The fourth-order valence-corrected chi connectivity index (χ4v) is 2.29. The van der Waals surface area contributed by atoms with Gasteiger partial charge in [-0.1, -0.05) is 42.5 Å². The molecule has 20 heavy (non-hydrogen) atoms. The molecule has 0 unspecified atom stereocenters. The van der Waals surface area contributed by atoms with Gasteiger partial charge in [0.15, 0.2) is 0 Å². The van der Waals surface area contributed by atoms with Gasteiger partial charge >= 0.3 is 5.97 Å². The molecule has 0 heterocycles. The van der Waals surface area contributed by atoms with E-state index < -0.39 is 0 Å². The lowest BCUT2D eigenvalue weighted by molar-refractivity contribution is -0.141. The van der Waals surface area contributed by atoms with Crippen LogP contribution >= 0.6 is 0 Å². The second-order valence-electron chi connectivity index (χ2n) is 4.60. The number of esters is 1. The van der Waals surface area contributed by atoms with Gasteiger partial charge in [-0.3, -0.25) is 9.59 Å². The quantitative estimate of drug-likeness (QED) is 0.870. The first kappa shape index (κ1) is 14.1. The molecule has 1 amide bonds. The van der Waals surface area contributed by atoms with E-state index in [1.807, 2.05) is 42.5 Å². The molecular formula is C16H17NO3. The molecule has 4 heteroatoms. The first-order valence-corrected chi connectivity index (χ1v) is 6.43. The van der Waals surface area contributed by atoms with E-state index in [4.69, 9.17) is 4.74 Å². The molecular weight excluding hydrogens is 254 g/mol. The monoisotopic (exact) mass is 271 g/mol. The van der Waals surface area contributed by atoms with Gasteiger partial charge in [0.1, 0.15) is 0 Å². The van der Waals surface area contributed by atoms with Crippen LogP contribution in [0.1, 0.15) is 24.9 Å². The zero-order chi connectivity index (χ0) is 14.5. The summed E-state index contributed by atoms with van der Waals surface area (Å²) < 4.78 is 4.71. The maximum Gasteiger partial charge on any atom is 0.307 e. The van der Waals surface area contributed by atoms with Crippen LogP contribution in [0.15, 0.2) is 42.5 Å². The smallest absolute Gasteiger partial charge is 0.307 e. The number of fused-ring (bicyclic) bond motifs is 1.